The van der Waals surface area contributed by atoms with Crippen LogP contribution in [0, 0.1) is 0 Å². The van der Waals surface area contributed by atoms with Gasteiger partial charge in [-0.1, -0.05) is 44.2 Å². The Morgan fingerprint density at radius 2 is 1.67 bits per heavy atom. The van der Waals surface area contributed by atoms with E-state index in [2.05, 4.69) is 54.5 Å². The molecule has 0 spiro atoms. The molecule has 4 nitrogen and oxygen atoms in total. The highest BCUT2D eigenvalue weighted by Gasteiger charge is 2.29. The van der Waals surface area contributed by atoms with Gasteiger partial charge in [0.15, 0.2) is 0 Å². The van der Waals surface area contributed by atoms with E-state index in [4.69, 9.17) is 0 Å². The van der Waals surface area contributed by atoms with Gasteiger partial charge in [-0.05, 0) is 54.7 Å². The van der Waals surface area contributed by atoms with Crippen molar-refractivity contribution in [3.63, 3.8) is 0 Å². The molecule has 142 valence electrons. The van der Waals surface area contributed by atoms with Crippen molar-refractivity contribution >= 4 is 5.91 Å². The molecule has 27 heavy (non-hydrogen) atoms. The Kier molecular flexibility index (Phi) is 4.90. The summed E-state index contributed by atoms with van der Waals surface area (Å²) in [7, 11) is 0. The Morgan fingerprint density at radius 3 is 2.22 bits per heavy atom. The monoisotopic (exact) mass is 364 g/mol. The normalized spacial score (nSPS) is 20.7. The third-order valence-corrected chi connectivity index (χ3v) is 5.97. The van der Waals surface area contributed by atoms with Crippen LogP contribution in [0.4, 0.5) is 0 Å². The van der Waals surface area contributed by atoms with E-state index in [0.29, 0.717) is 18.3 Å². The topological polar surface area (TPSA) is 62.0 Å². The molecule has 1 aliphatic heterocycles. The lowest BCUT2D eigenvalue weighted by Crippen LogP contribution is -2.28. The number of carbonyl (C=O) groups is 1. The number of carbonyl (C=O) groups excluding carboxylic acids is 1. The fourth-order valence-electron chi connectivity index (χ4n) is 4.11. The molecule has 1 aliphatic carbocycles. The first kappa shape index (κ1) is 18.0. The second-order valence-corrected chi connectivity index (χ2v) is 8.39. The van der Waals surface area contributed by atoms with Crippen molar-refractivity contribution in [2.24, 2.45) is 0 Å². The fraction of sp³-hybridized carbons (Fsp3) is 0.478. The minimum atomic E-state index is 0.0502. The molecule has 1 aromatic carbocycles. The van der Waals surface area contributed by atoms with Crippen LogP contribution in [0.15, 0.2) is 41.2 Å². The first-order valence-electron chi connectivity index (χ1n) is 10.1. The third-order valence-electron chi connectivity index (χ3n) is 5.97. The third kappa shape index (κ3) is 4.00. The van der Waals surface area contributed by atoms with Crippen LogP contribution in [-0.2, 0) is 4.79 Å². The standard InChI is InChI=1S/C23H28N2O2/c1-14(2)15-3-5-17(6-4-15)20(13-18-9-12-22(26)24-18)21-11-10-19(16-7-8-16)23(27)25-21/h3-6,10-11,14,16,18,20H,7-9,12-13H2,1-2H3,(H,24,26)(H,25,27)/t18-,20-/m1/s1. The van der Waals surface area contributed by atoms with Crippen molar-refractivity contribution in [3.8, 4) is 0 Å². The summed E-state index contributed by atoms with van der Waals surface area (Å²) in [5.74, 6) is 1.15. The lowest BCUT2D eigenvalue weighted by molar-refractivity contribution is -0.119. The number of H-pyrrole nitrogens is 1. The van der Waals surface area contributed by atoms with Crippen molar-refractivity contribution in [3.05, 3.63) is 69.1 Å². The number of aromatic nitrogens is 1. The van der Waals surface area contributed by atoms with Crippen LogP contribution in [0.2, 0.25) is 0 Å². The largest absolute Gasteiger partial charge is 0.353 e. The van der Waals surface area contributed by atoms with Crippen LogP contribution in [-0.4, -0.2) is 16.9 Å². The molecule has 4 rings (SSSR count). The van der Waals surface area contributed by atoms with Gasteiger partial charge in [0.05, 0.1) is 0 Å². The molecule has 0 radical (unpaired) electrons. The van der Waals surface area contributed by atoms with Crippen molar-refractivity contribution in [1.29, 1.82) is 0 Å². The highest BCUT2D eigenvalue weighted by Crippen LogP contribution is 2.39. The van der Waals surface area contributed by atoms with Gasteiger partial charge in [-0.2, -0.15) is 0 Å². The minimum Gasteiger partial charge on any atom is -0.353 e. The van der Waals surface area contributed by atoms with Crippen LogP contribution in [0.3, 0.4) is 0 Å². The number of hydrogen-bond acceptors (Lipinski definition) is 2. The first-order chi connectivity index (χ1) is 13.0. The van der Waals surface area contributed by atoms with Gasteiger partial charge in [-0.3, -0.25) is 9.59 Å². The molecule has 1 amide bonds. The van der Waals surface area contributed by atoms with Gasteiger partial charge in [0.2, 0.25) is 5.91 Å². The van der Waals surface area contributed by atoms with Crippen LogP contribution in [0.1, 0.15) is 86.1 Å². The van der Waals surface area contributed by atoms with Crippen molar-refractivity contribution in [2.45, 2.75) is 69.7 Å². The molecular weight excluding hydrogens is 336 g/mol. The lowest BCUT2D eigenvalue weighted by atomic mass is 9.87. The SMILES string of the molecule is CC(C)c1ccc([C@@H](C[C@H]2CCC(=O)N2)c2ccc(C3CC3)c(=O)[nH]2)cc1. The maximum Gasteiger partial charge on any atom is 0.251 e. The van der Waals surface area contributed by atoms with Crippen molar-refractivity contribution < 1.29 is 4.79 Å². The van der Waals surface area contributed by atoms with Crippen LogP contribution >= 0.6 is 0 Å². The Bertz CT molecular complexity index is 878. The number of nitrogens with one attached hydrogen (secondary N) is 2. The zero-order valence-corrected chi connectivity index (χ0v) is 16.1. The summed E-state index contributed by atoms with van der Waals surface area (Å²) >= 11 is 0. The molecule has 1 saturated heterocycles. The van der Waals surface area contributed by atoms with E-state index in [0.717, 1.165) is 36.9 Å². The van der Waals surface area contributed by atoms with Crippen LogP contribution in [0.25, 0.3) is 0 Å². The quantitative estimate of drug-likeness (QED) is 0.808. The molecule has 2 aliphatic rings. The van der Waals surface area contributed by atoms with Gasteiger partial charge in [0.25, 0.3) is 5.56 Å². The number of pyridine rings is 1. The Balaban J connectivity index is 1.65. The smallest absolute Gasteiger partial charge is 0.251 e. The van der Waals surface area contributed by atoms with Gasteiger partial charge in [0.1, 0.15) is 0 Å². The molecule has 2 atom stereocenters. The summed E-state index contributed by atoms with van der Waals surface area (Å²) in [5, 5.41) is 3.08. The van der Waals surface area contributed by atoms with Gasteiger partial charge in [-0.25, -0.2) is 0 Å². The highest BCUT2D eigenvalue weighted by molar-refractivity contribution is 5.78. The number of hydrogen-bond donors (Lipinski definition) is 2. The van der Waals surface area contributed by atoms with Gasteiger partial charge < -0.3 is 10.3 Å². The molecule has 2 fully saturated rings. The molecule has 2 aromatic rings. The molecular formula is C23H28N2O2. The highest BCUT2D eigenvalue weighted by atomic mass is 16.2. The molecule has 0 unspecified atom stereocenters. The lowest BCUT2D eigenvalue weighted by Gasteiger charge is -2.22. The summed E-state index contributed by atoms with van der Waals surface area (Å²) in [6.45, 7) is 4.38. The Hall–Kier alpha value is -2.36. The van der Waals surface area contributed by atoms with E-state index in [1.165, 1.54) is 11.1 Å². The average molecular weight is 364 g/mol. The van der Waals surface area contributed by atoms with E-state index in [1.54, 1.807) is 0 Å². The molecule has 2 heterocycles. The summed E-state index contributed by atoms with van der Waals surface area (Å²) < 4.78 is 0. The molecule has 1 aromatic heterocycles. The first-order valence-corrected chi connectivity index (χ1v) is 10.1. The Labute approximate surface area is 160 Å². The molecule has 0 bridgehead atoms. The number of rotatable bonds is 6. The maximum atomic E-state index is 12.6. The Morgan fingerprint density at radius 1 is 0.963 bits per heavy atom. The molecule has 1 saturated carbocycles. The second-order valence-electron chi connectivity index (χ2n) is 8.39. The predicted molar refractivity (Wildman–Crippen MR) is 107 cm³/mol. The minimum absolute atomic E-state index is 0.0502. The summed E-state index contributed by atoms with van der Waals surface area (Å²) in [5.41, 5.74) is 4.42. The fourth-order valence-corrected chi connectivity index (χ4v) is 4.11. The summed E-state index contributed by atoms with van der Waals surface area (Å²) in [4.78, 5) is 27.4. The second kappa shape index (κ2) is 7.34. The van der Waals surface area contributed by atoms with Crippen LogP contribution in [0.5, 0.6) is 0 Å². The van der Waals surface area contributed by atoms with E-state index in [-0.39, 0.29) is 23.4 Å². The molecule has 4 heteroatoms. The van der Waals surface area contributed by atoms with Gasteiger partial charge >= 0.3 is 0 Å². The van der Waals surface area contributed by atoms with E-state index in [1.807, 2.05) is 6.07 Å². The number of benzene rings is 1. The zero-order valence-electron chi connectivity index (χ0n) is 16.1. The number of amides is 1. The maximum absolute atomic E-state index is 12.6. The van der Waals surface area contributed by atoms with E-state index in [9.17, 15) is 9.59 Å². The van der Waals surface area contributed by atoms with Crippen LogP contribution < -0.4 is 10.9 Å². The zero-order chi connectivity index (χ0) is 19.0. The van der Waals surface area contributed by atoms with E-state index < -0.39 is 0 Å². The number of aromatic amines is 1. The van der Waals surface area contributed by atoms with Crippen molar-refractivity contribution in [2.75, 3.05) is 0 Å². The van der Waals surface area contributed by atoms with E-state index >= 15 is 0 Å². The summed E-state index contributed by atoms with van der Waals surface area (Å²) in [6.07, 6.45) is 4.52. The van der Waals surface area contributed by atoms with Gasteiger partial charge in [0, 0.05) is 29.6 Å². The average Bonchev–Trinajstić information content (AvgIpc) is 3.41. The van der Waals surface area contributed by atoms with Crippen molar-refractivity contribution in [1.82, 2.24) is 10.3 Å². The predicted octanol–water partition coefficient (Wildman–Crippen LogP) is 4.18. The summed E-state index contributed by atoms with van der Waals surface area (Å²) in [6, 6.07) is 12.9. The molecule has 2 N–H and O–H groups in total. The van der Waals surface area contributed by atoms with Gasteiger partial charge in [-0.15, -0.1) is 0 Å².